The van der Waals surface area contributed by atoms with Gasteiger partial charge in [0.2, 0.25) is 5.90 Å². The highest BCUT2D eigenvalue weighted by Gasteiger charge is 2.46. The molecular formula is C24H29N3O2S. The molecule has 158 valence electrons. The minimum absolute atomic E-state index is 0.170. The Labute approximate surface area is 182 Å². The van der Waals surface area contributed by atoms with Gasteiger partial charge in [-0.05, 0) is 58.0 Å². The average molecular weight is 424 g/mol. The molecule has 5 rings (SSSR count). The molecule has 0 N–H and O–H groups in total. The van der Waals surface area contributed by atoms with Gasteiger partial charge in [0, 0.05) is 21.9 Å². The Bertz CT molecular complexity index is 965. The smallest absolute Gasteiger partial charge is 0.340 e. The molecule has 1 spiro atoms. The summed E-state index contributed by atoms with van der Waals surface area (Å²) in [6.07, 6.45) is 7.20. The molecule has 6 heteroatoms. The van der Waals surface area contributed by atoms with Crippen LogP contribution < -0.4 is 0 Å². The van der Waals surface area contributed by atoms with Crippen LogP contribution >= 0.6 is 11.3 Å². The summed E-state index contributed by atoms with van der Waals surface area (Å²) in [7, 11) is 2.19. The maximum atomic E-state index is 12.5. The Morgan fingerprint density at radius 2 is 1.67 bits per heavy atom. The molecule has 0 amide bonds. The lowest BCUT2D eigenvalue weighted by molar-refractivity contribution is -0.140. The molecule has 0 atom stereocenters. The first-order valence-corrected chi connectivity index (χ1v) is 11.9. The van der Waals surface area contributed by atoms with Gasteiger partial charge in [-0.25, -0.2) is 14.8 Å². The fourth-order valence-corrected chi connectivity index (χ4v) is 5.87. The number of hydrogen-bond donors (Lipinski definition) is 0. The number of carbonyl (C=O) groups excluding carboxylic acids is 1. The van der Waals surface area contributed by atoms with Crippen LogP contribution in [0.2, 0.25) is 0 Å². The standard InChI is InChI=1S/C24H29N3O2S/c1-23(12-14-27(2)15-13-23)21-25-19(16-30-21)17-6-8-18(9-7-17)20-26-24(22(28)29-20)10-4-3-5-11-24/h6-9,16H,3-5,10-15H2,1-2H3. The van der Waals surface area contributed by atoms with Crippen molar-refractivity contribution in [3.8, 4) is 11.3 Å². The largest absolute Gasteiger partial charge is 0.405 e. The minimum Gasteiger partial charge on any atom is -0.405 e. The van der Waals surface area contributed by atoms with Gasteiger partial charge in [0.15, 0.2) is 5.54 Å². The van der Waals surface area contributed by atoms with Crippen LogP contribution in [0.25, 0.3) is 11.3 Å². The van der Waals surface area contributed by atoms with Crippen molar-refractivity contribution in [2.75, 3.05) is 20.1 Å². The maximum Gasteiger partial charge on any atom is 0.340 e. The monoisotopic (exact) mass is 423 g/mol. The number of benzene rings is 1. The number of cyclic esters (lactones) is 1. The van der Waals surface area contributed by atoms with E-state index in [-0.39, 0.29) is 11.4 Å². The van der Waals surface area contributed by atoms with E-state index in [0.29, 0.717) is 5.90 Å². The number of piperidine rings is 1. The molecule has 0 bridgehead atoms. The van der Waals surface area contributed by atoms with Crippen LogP contribution in [0.15, 0.2) is 34.6 Å². The Hall–Kier alpha value is -2.05. The van der Waals surface area contributed by atoms with E-state index < -0.39 is 5.54 Å². The lowest BCUT2D eigenvalue weighted by Gasteiger charge is -2.36. The van der Waals surface area contributed by atoms with Crippen LogP contribution in [0.1, 0.15) is 62.4 Å². The molecule has 30 heavy (non-hydrogen) atoms. The Morgan fingerprint density at radius 1 is 1.00 bits per heavy atom. The van der Waals surface area contributed by atoms with Crippen LogP contribution in [0.5, 0.6) is 0 Å². The number of carbonyl (C=O) groups is 1. The van der Waals surface area contributed by atoms with Gasteiger partial charge in [-0.15, -0.1) is 11.3 Å². The zero-order chi connectivity index (χ0) is 20.8. The topological polar surface area (TPSA) is 54.8 Å². The second-order valence-corrected chi connectivity index (χ2v) is 10.2. The van der Waals surface area contributed by atoms with Crippen molar-refractivity contribution in [1.29, 1.82) is 0 Å². The first-order chi connectivity index (χ1) is 14.5. The zero-order valence-electron chi connectivity index (χ0n) is 17.8. The highest BCUT2D eigenvalue weighted by atomic mass is 32.1. The van der Waals surface area contributed by atoms with E-state index in [1.54, 1.807) is 11.3 Å². The molecule has 2 fully saturated rings. The molecule has 3 aliphatic rings. The Kier molecular flexibility index (Phi) is 5.02. The van der Waals surface area contributed by atoms with Crippen molar-refractivity contribution in [2.24, 2.45) is 4.99 Å². The minimum atomic E-state index is -0.625. The van der Waals surface area contributed by atoms with Crippen LogP contribution in [0, 0.1) is 0 Å². The van der Waals surface area contributed by atoms with Crippen LogP contribution in [0.3, 0.4) is 0 Å². The molecule has 0 radical (unpaired) electrons. The number of likely N-dealkylation sites (tertiary alicyclic amines) is 1. The highest BCUT2D eigenvalue weighted by Crippen LogP contribution is 2.39. The van der Waals surface area contributed by atoms with Crippen molar-refractivity contribution in [3.05, 3.63) is 40.2 Å². The van der Waals surface area contributed by atoms with Crippen molar-refractivity contribution in [1.82, 2.24) is 9.88 Å². The zero-order valence-corrected chi connectivity index (χ0v) is 18.6. The fourth-order valence-electron chi connectivity index (χ4n) is 4.81. The SMILES string of the molecule is CN1CCC(C)(c2nc(-c3ccc(C4=NC5(CCCCC5)C(=O)O4)cc3)cs2)CC1. The molecule has 1 saturated heterocycles. The third-order valence-corrected chi connectivity index (χ3v) is 8.25. The third-order valence-electron chi connectivity index (χ3n) is 7.10. The first-order valence-electron chi connectivity index (χ1n) is 11.1. The molecule has 0 unspecified atom stereocenters. The van der Waals surface area contributed by atoms with Crippen LogP contribution in [-0.2, 0) is 14.9 Å². The van der Waals surface area contributed by atoms with Gasteiger partial charge in [0.25, 0.3) is 0 Å². The Balaban J connectivity index is 1.34. The van der Waals surface area contributed by atoms with E-state index >= 15 is 0 Å². The lowest BCUT2D eigenvalue weighted by atomic mass is 9.81. The lowest BCUT2D eigenvalue weighted by Crippen LogP contribution is -2.38. The molecule has 1 saturated carbocycles. The summed E-state index contributed by atoms with van der Waals surface area (Å²) >= 11 is 1.77. The highest BCUT2D eigenvalue weighted by molar-refractivity contribution is 7.10. The summed E-state index contributed by atoms with van der Waals surface area (Å²) in [5.41, 5.74) is 2.54. The predicted octanol–water partition coefficient (Wildman–Crippen LogP) is 4.80. The summed E-state index contributed by atoms with van der Waals surface area (Å²) in [5, 5.41) is 3.40. The van der Waals surface area contributed by atoms with Crippen LogP contribution in [-0.4, -0.2) is 47.4 Å². The van der Waals surface area contributed by atoms with Gasteiger partial charge in [-0.2, -0.15) is 0 Å². The molecule has 1 aromatic carbocycles. The summed E-state index contributed by atoms with van der Waals surface area (Å²) in [6, 6.07) is 8.12. The molecule has 3 heterocycles. The molecule has 5 nitrogen and oxygen atoms in total. The van der Waals surface area contributed by atoms with Gasteiger partial charge >= 0.3 is 5.97 Å². The number of aromatic nitrogens is 1. The summed E-state index contributed by atoms with van der Waals surface area (Å²) < 4.78 is 5.59. The number of aliphatic imine (C=N–C) groups is 1. The molecule has 2 aromatic rings. The normalized spacial score (nSPS) is 23.4. The van der Waals surface area contributed by atoms with Gasteiger partial charge in [0.05, 0.1) is 10.7 Å². The van der Waals surface area contributed by atoms with Gasteiger partial charge in [-0.1, -0.05) is 38.3 Å². The molecule has 1 aromatic heterocycles. The number of ether oxygens (including phenoxy) is 1. The molecular weight excluding hydrogens is 394 g/mol. The fraction of sp³-hybridized carbons (Fsp3) is 0.542. The summed E-state index contributed by atoms with van der Waals surface area (Å²) in [6.45, 7) is 4.60. The van der Waals surface area contributed by atoms with Crippen LogP contribution in [0.4, 0.5) is 0 Å². The first kappa shape index (κ1) is 19.9. The average Bonchev–Trinajstić information content (AvgIpc) is 3.38. The van der Waals surface area contributed by atoms with Gasteiger partial charge in [-0.3, -0.25) is 0 Å². The van der Waals surface area contributed by atoms with E-state index in [0.717, 1.165) is 68.4 Å². The van der Waals surface area contributed by atoms with Crippen molar-refractivity contribution in [2.45, 2.75) is 62.8 Å². The number of nitrogens with zero attached hydrogens (tertiary/aromatic N) is 3. The second kappa shape index (κ2) is 7.57. The number of rotatable bonds is 3. The van der Waals surface area contributed by atoms with Gasteiger partial charge < -0.3 is 9.64 Å². The quantitative estimate of drug-likeness (QED) is 0.666. The maximum absolute atomic E-state index is 12.5. The summed E-state index contributed by atoms with van der Waals surface area (Å²) in [4.78, 5) is 24.6. The number of hydrogen-bond acceptors (Lipinski definition) is 6. The second-order valence-electron chi connectivity index (χ2n) is 9.38. The predicted molar refractivity (Wildman–Crippen MR) is 120 cm³/mol. The third kappa shape index (κ3) is 3.50. The van der Waals surface area contributed by atoms with E-state index in [2.05, 4.69) is 36.4 Å². The number of thiazole rings is 1. The van der Waals surface area contributed by atoms with Crippen molar-refractivity contribution in [3.63, 3.8) is 0 Å². The van der Waals surface area contributed by atoms with Crippen molar-refractivity contribution < 1.29 is 9.53 Å². The van der Waals surface area contributed by atoms with E-state index in [9.17, 15) is 4.79 Å². The van der Waals surface area contributed by atoms with E-state index in [4.69, 9.17) is 14.7 Å². The molecule has 1 aliphatic carbocycles. The van der Waals surface area contributed by atoms with Gasteiger partial charge in [0.1, 0.15) is 0 Å². The van der Waals surface area contributed by atoms with E-state index in [1.807, 2.05) is 12.1 Å². The number of esters is 1. The van der Waals surface area contributed by atoms with Crippen molar-refractivity contribution >= 4 is 23.2 Å². The molecule has 2 aliphatic heterocycles. The Morgan fingerprint density at radius 3 is 2.37 bits per heavy atom. The van der Waals surface area contributed by atoms with E-state index in [1.165, 1.54) is 11.4 Å². The summed E-state index contributed by atoms with van der Waals surface area (Å²) in [5.74, 6) is 0.308.